The van der Waals surface area contributed by atoms with E-state index >= 15 is 0 Å². The van der Waals surface area contributed by atoms with Crippen LogP contribution in [0.5, 0.6) is 0 Å². The highest BCUT2D eigenvalue weighted by atomic mass is 16.2. The second-order valence-electron chi connectivity index (χ2n) is 6.44. The number of carbonyl (C=O) groups excluding carboxylic acids is 2. The van der Waals surface area contributed by atoms with Crippen molar-refractivity contribution in [2.75, 3.05) is 19.6 Å². The molecule has 4 aliphatic rings. The van der Waals surface area contributed by atoms with E-state index in [9.17, 15) is 9.59 Å². The number of hydrogen-bond acceptors (Lipinski definition) is 2. The summed E-state index contributed by atoms with van der Waals surface area (Å²) in [5.41, 5.74) is 0. The summed E-state index contributed by atoms with van der Waals surface area (Å²) < 4.78 is 0. The zero-order chi connectivity index (χ0) is 12.3. The predicted molar refractivity (Wildman–Crippen MR) is 65.5 cm³/mol. The Balaban J connectivity index is 1.44. The average molecular weight is 248 g/mol. The third kappa shape index (κ3) is 1.44. The first-order valence-electron chi connectivity index (χ1n) is 7.31. The maximum atomic E-state index is 12.5. The van der Waals surface area contributed by atoms with Gasteiger partial charge < -0.3 is 10.2 Å². The minimum Gasteiger partial charge on any atom is -0.354 e. The molecule has 1 aliphatic heterocycles. The first kappa shape index (κ1) is 10.8. The minimum absolute atomic E-state index is 0.0846. The maximum absolute atomic E-state index is 12.5. The van der Waals surface area contributed by atoms with Crippen LogP contribution in [0, 0.1) is 29.6 Å². The number of amides is 2. The number of nitrogens with one attached hydrogen (secondary N) is 1. The van der Waals surface area contributed by atoms with Gasteiger partial charge in [-0.15, -0.1) is 0 Å². The summed E-state index contributed by atoms with van der Waals surface area (Å²) in [4.78, 5) is 25.8. The maximum Gasteiger partial charge on any atom is 0.226 e. The second-order valence-corrected chi connectivity index (χ2v) is 6.44. The molecule has 0 aromatic carbocycles. The van der Waals surface area contributed by atoms with Gasteiger partial charge in [-0.1, -0.05) is 0 Å². The van der Waals surface area contributed by atoms with Crippen LogP contribution in [0.15, 0.2) is 0 Å². The highest BCUT2D eigenvalue weighted by Crippen LogP contribution is 2.69. The fraction of sp³-hybridized carbons (Fsp3) is 0.857. The molecule has 4 fully saturated rings. The summed E-state index contributed by atoms with van der Waals surface area (Å²) in [5.74, 6) is 3.87. The van der Waals surface area contributed by atoms with E-state index in [1.807, 2.05) is 4.90 Å². The molecule has 0 spiro atoms. The number of hydrogen-bond donors (Lipinski definition) is 1. The van der Waals surface area contributed by atoms with Crippen molar-refractivity contribution >= 4 is 11.8 Å². The Morgan fingerprint density at radius 3 is 2.61 bits per heavy atom. The van der Waals surface area contributed by atoms with Crippen molar-refractivity contribution in [2.45, 2.75) is 25.7 Å². The number of fused-ring (bicyclic) bond motifs is 5. The molecule has 18 heavy (non-hydrogen) atoms. The van der Waals surface area contributed by atoms with Crippen LogP contribution in [-0.2, 0) is 9.59 Å². The van der Waals surface area contributed by atoms with Crippen molar-refractivity contribution in [1.29, 1.82) is 0 Å². The summed E-state index contributed by atoms with van der Waals surface area (Å²) in [6, 6.07) is 0. The molecule has 2 amide bonds. The van der Waals surface area contributed by atoms with Gasteiger partial charge in [0.15, 0.2) is 0 Å². The van der Waals surface area contributed by atoms with Crippen molar-refractivity contribution < 1.29 is 9.59 Å². The molecule has 4 heteroatoms. The lowest BCUT2D eigenvalue weighted by molar-refractivity contribution is -0.133. The Morgan fingerprint density at radius 2 is 1.89 bits per heavy atom. The first-order valence-corrected chi connectivity index (χ1v) is 7.31. The third-order valence-corrected chi connectivity index (χ3v) is 5.64. The van der Waals surface area contributed by atoms with Gasteiger partial charge in [-0.2, -0.15) is 0 Å². The quantitative estimate of drug-likeness (QED) is 0.740. The monoisotopic (exact) mass is 248 g/mol. The SMILES string of the molecule is O=C1CCN(C(=O)C2[C@@H]3[C@H]4CC[C@@H](C4)[C@@H]23)CCN1. The largest absolute Gasteiger partial charge is 0.354 e. The van der Waals surface area contributed by atoms with E-state index < -0.39 is 0 Å². The molecule has 3 aliphatic carbocycles. The van der Waals surface area contributed by atoms with Crippen molar-refractivity contribution in [2.24, 2.45) is 29.6 Å². The smallest absolute Gasteiger partial charge is 0.226 e. The highest BCUT2D eigenvalue weighted by molar-refractivity contribution is 5.84. The van der Waals surface area contributed by atoms with E-state index in [0.717, 1.165) is 11.8 Å². The molecule has 0 aromatic rings. The fourth-order valence-corrected chi connectivity index (χ4v) is 4.85. The second kappa shape index (κ2) is 3.72. The lowest BCUT2D eigenvalue weighted by atomic mass is 10.0. The molecular formula is C14H20N2O2. The van der Waals surface area contributed by atoms with Gasteiger partial charge in [0.05, 0.1) is 0 Å². The standard InChI is InChI=1S/C14H20N2O2/c17-10-3-5-16(6-4-15-10)14(18)13-11-8-1-2-9(7-8)12(11)13/h8-9,11-13H,1-7H2,(H,15,17)/t8-,9-,11+,12+/m0/s1. The molecule has 0 radical (unpaired) electrons. The molecule has 0 aromatic heterocycles. The van der Waals surface area contributed by atoms with E-state index in [2.05, 4.69) is 5.32 Å². The van der Waals surface area contributed by atoms with Crippen LogP contribution in [0.25, 0.3) is 0 Å². The summed E-state index contributed by atoms with van der Waals surface area (Å²) in [6.45, 7) is 1.95. The van der Waals surface area contributed by atoms with Gasteiger partial charge >= 0.3 is 0 Å². The van der Waals surface area contributed by atoms with Gasteiger partial charge in [0.25, 0.3) is 0 Å². The van der Waals surface area contributed by atoms with Crippen molar-refractivity contribution in [3.8, 4) is 0 Å². The van der Waals surface area contributed by atoms with Gasteiger partial charge in [0.2, 0.25) is 11.8 Å². The summed E-state index contributed by atoms with van der Waals surface area (Å²) in [5, 5.41) is 2.84. The Bertz CT molecular complexity index is 393. The molecule has 4 nitrogen and oxygen atoms in total. The molecule has 1 heterocycles. The molecule has 4 rings (SSSR count). The van der Waals surface area contributed by atoms with Crippen LogP contribution in [-0.4, -0.2) is 36.3 Å². The molecule has 4 atom stereocenters. The predicted octanol–water partition coefficient (Wildman–Crippen LogP) is 0.627. The summed E-state index contributed by atoms with van der Waals surface area (Å²) in [6.07, 6.45) is 4.57. The number of rotatable bonds is 1. The van der Waals surface area contributed by atoms with E-state index in [1.165, 1.54) is 19.3 Å². The van der Waals surface area contributed by atoms with E-state index in [0.29, 0.717) is 49.7 Å². The van der Waals surface area contributed by atoms with Crippen molar-refractivity contribution in [3.05, 3.63) is 0 Å². The molecule has 1 saturated heterocycles. The summed E-state index contributed by atoms with van der Waals surface area (Å²) >= 11 is 0. The molecule has 0 unspecified atom stereocenters. The van der Waals surface area contributed by atoms with Crippen LogP contribution in [0.2, 0.25) is 0 Å². The third-order valence-electron chi connectivity index (χ3n) is 5.64. The molecule has 2 bridgehead atoms. The number of nitrogens with zero attached hydrogens (tertiary/aromatic N) is 1. The lowest BCUT2D eigenvalue weighted by Crippen LogP contribution is -2.36. The van der Waals surface area contributed by atoms with Crippen molar-refractivity contribution in [3.63, 3.8) is 0 Å². The first-order chi connectivity index (χ1) is 8.75. The molecule has 3 saturated carbocycles. The lowest BCUT2D eigenvalue weighted by Gasteiger charge is -2.21. The van der Waals surface area contributed by atoms with E-state index in [-0.39, 0.29) is 5.91 Å². The van der Waals surface area contributed by atoms with Crippen molar-refractivity contribution in [1.82, 2.24) is 10.2 Å². The topological polar surface area (TPSA) is 49.4 Å². The normalized spacial score (nSPS) is 45.4. The van der Waals surface area contributed by atoms with Crippen LogP contribution in [0.4, 0.5) is 0 Å². The van der Waals surface area contributed by atoms with Crippen LogP contribution >= 0.6 is 0 Å². The van der Waals surface area contributed by atoms with E-state index in [4.69, 9.17) is 0 Å². The van der Waals surface area contributed by atoms with Gasteiger partial charge in [-0.05, 0) is 42.9 Å². The zero-order valence-corrected chi connectivity index (χ0v) is 10.6. The molecule has 1 N–H and O–H groups in total. The van der Waals surface area contributed by atoms with Gasteiger partial charge in [0.1, 0.15) is 0 Å². The van der Waals surface area contributed by atoms with Crippen LogP contribution < -0.4 is 5.32 Å². The van der Waals surface area contributed by atoms with Gasteiger partial charge in [-0.25, -0.2) is 0 Å². The minimum atomic E-state index is 0.0846. The summed E-state index contributed by atoms with van der Waals surface area (Å²) in [7, 11) is 0. The molecule has 98 valence electrons. The van der Waals surface area contributed by atoms with Gasteiger partial charge in [0, 0.05) is 32.0 Å². The fourth-order valence-electron chi connectivity index (χ4n) is 4.85. The van der Waals surface area contributed by atoms with E-state index in [1.54, 1.807) is 0 Å². The Labute approximate surface area is 107 Å². The number of carbonyl (C=O) groups is 2. The highest BCUT2D eigenvalue weighted by Gasteiger charge is 2.67. The van der Waals surface area contributed by atoms with Crippen LogP contribution in [0.3, 0.4) is 0 Å². The Morgan fingerprint density at radius 1 is 1.17 bits per heavy atom. The zero-order valence-electron chi connectivity index (χ0n) is 10.6. The van der Waals surface area contributed by atoms with Gasteiger partial charge in [-0.3, -0.25) is 9.59 Å². The van der Waals surface area contributed by atoms with Crippen LogP contribution in [0.1, 0.15) is 25.7 Å². The Hall–Kier alpha value is -1.06. The molecular weight excluding hydrogens is 228 g/mol. The average Bonchev–Trinajstić information content (AvgIpc) is 2.91. The Kier molecular flexibility index (Phi) is 2.24.